The van der Waals surface area contributed by atoms with Crippen LogP contribution < -0.4 is 20.7 Å². The third-order valence-electron chi connectivity index (χ3n) is 9.46. The van der Waals surface area contributed by atoms with Gasteiger partial charge in [0.1, 0.15) is 11.9 Å². The first kappa shape index (κ1) is 30.6. The third kappa shape index (κ3) is 5.88. The number of hydrogen-bond acceptors (Lipinski definition) is 8. The number of hydrogen-bond donors (Lipinski definition) is 3. The molecule has 2 aromatic heterocycles. The number of fused-ring (bicyclic) bond motifs is 1. The van der Waals surface area contributed by atoms with Gasteiger partial charge in [0.15, 0.2) is 0 Å². The third-order valence-corrected chi connectivity index (χ3v) is 9.46. The quantitative estimate of drug-likeness (QED) is 0.247. The largest absolute Gasteiger partial charge is 0.480 e. The minimum Gasteiger partial charge on any atom is -0.480 e. The lowest BCUT2D eigenvalue weighted by Crippen LogP contribution is -2.46. The molecule has 3 atom stereocenters. The summed E-state index contributed by atoms with van der Waals surface area (Å²) < 4.78 is 50.3. The summed E-state index contributed by atoms with van der Waals surface area (Å²) in [6.45, 7) is 5.12. The van der Waals surface area contributed by atoms with Crippen LogP contribution in [-0.4, -0.2) is 62.2 Å². The summed E-state index contributed by atoms with van der Waals surface area (Å²) in [5.74, 6) is -0.954. The van der Waals surface area contributed by atoms with E-state index < -0.39 is 24.3 Å². The van der Waals surface area contributed by atoms with Gasteiger partial charge in [-0.25, -0.2) is 0 Å². The van der Waals surface area contributed by atoms with Gasteiger partial charge in [0.25, 0.3) is 0 Å². The van der Waals surface area contributed by atoms with Crippen LogP contribution in [0.5, 0.6) is 5.88 Å². The molecule has 2 aliphatic rings. The standard InChI is InChI=1S/C32H36F3N7O3/c1-4-25-31(17-24(37-25)29(43)44)11-13-42(14-12-31)26-16-27(39-30(36)38-26)45-28(32(33,34)35)20-7-5-19(6-8-20)21-9-10-22-18(2)41(3)40-23(22)15-21/h5-10,15-16,24-25,28,37H,4,11-14,17H2,1-3H3,(H,43,44)(H2,36,38,39)/t24?,25?,28-/m1/s1. The van der Waals surface area contributed by atoms with Crippen LogP contribution in [0.2, 0.25) is 0 Å². The van der Waals surface area contributed by atoms with Gasteiger partial charge in [-0.15, -0.1) is 0 Å². The summed E-state index contributed by atoms with van der Waals surface area (Å²) >= 11 is 0. The van der Waals surface area contributed by atoms with E-state index in [1.807, 2.05) is 44.0 Å². The smallest absolute Gasteiger partial charge is 0.429 e. The molecular formula is C32H36F3N7O3. The molecular weight excluding hydrogens is 587 g/mol. The SMILES string of the molecule is CCC1NC(C(=O)O)CC12CCN(c1cc(O[C@H](c3ccc(-c4ccc5c(C)n(C)nc5c4)cc3)C(F)(F)F)nc(N)n1)CC2. The Morgan fingerprint density at radius 1 is 1.13 bits per heavy atom. The van der Waals surface area contributed by atoms with E-state index in [1.54, 1.807) is 16.8 Å². The second-order valence-electron chi connectivity index (χ2n) is 12.1. The Morgan fingerprint density at radius 2 is 1.82 bits per heavy atom. The lowest BCUT2D eigenvalue weighted by Gasteiger charge is -2.43. The van der Waals surface area contributed by atoms with Crippen LogP contribution in [0.15, 0.2) is 48.5 Å². The van der Waals surface area contributed by atoms with Gasteiger partial charge in [0.05, 0.1) is 5.52 Å². The van der Waals surface area contributed by atoms with E-state index in [1.165, 1.54) is 18.2 Å². The van der Waals surface area contributed by atoms with E-state index in [-0.39, 0.29) is 28.8 Å². The molecule has 0 saturated carbocycles. The fourth-order valence-electron chi connectivity index (χ4n) is 6.93. The van der Waals surface area contributed by atoms with Crippen molar-refractivity contribution in [3.8, 4) is 17.0 Å². The first-order chi connectivity index (χ1) is 21.4. The molecule has 2 saturated heterocycles. The number of carbonyl (C=O) groups is 1. The summed E-state index contributed by atoms with van der Waals surface area (Å²) in [7, 11) is 1.87. The number of halogens is 3. The van der Waals surface area contributed by atoms with Gasteiger partial charge in [-0.2, -0.15) is 28.2 Å². The van der Waals surface area contributed by atoms with Gasteiger partial charge >= 0.3 is 12.1 Å². The Labute approximate surface area is 258 Å². The van der Waals surface area contributed by atoms with Crippen LogP contribution in [0.4, 0.5) is 24.9 Å². The van der Waals surface area contributed by atoms with Crippen molar-refractivity contribution in [3.63, 3.8) is 0 Å². The van der Waals surface area contributed by atoms with Crippen molar-refractivity contribution < 1.29 is 27.8 Å². The van der Waals surface area contributed by atoms with Crippen molar-refractivity contribution in [3.05, 3.63) is 59.8 Å². The van der Waals surface area contributed by atoms with Crippen LogP contribution in [-0.2, 0) is 11.8 Å². The Morgan fingerprint density at radius 3 is 2.47 bits per heavy atom. The fourth-order valence-corrected chi connectivity index (χ4v) is 6.93. The molecule has 0 bridgehead atoms. The Bertz CT molecular complexity index is 1720. The number of nitrogen functional groups attached to an aromatic ring is 1. The number of nitrogens with zero attached hydrogens (tertiary/aromatic N) is 5. The first-order valence-electron chi connectivity index (χ1n) is 15.0. The average molecular weight is 624 g/mol. The highest BCUT2D eigenvalue weighted by Gasteiger charge is 2.50. The van der Waals surface area contributed by atoms with E-state index >= 15 is 0 Å². The number of nitrogens with one attached hydrogen (secondary N) is 1. The number of nitrogens with two attached hydrogens (primary N) is 1. The molecule has 4 N–H and O–H groups in total. The second kappa shape index (κ2) is 11.5. The molecule has 2 aliphatic heterocycles. The summed E-state index contributed by atoms with van der Waals surface area (Å²) in [5, 5.41) is 18.3. The van der Waals surface area contributed by atoms with Crippen LogP contribution in [0.3, 0.4) is 0 Å². The van der Waals surface area contributed by atoms with Crippen LogP contribution in [0, 0.1) is 12.3 Å². The molecule has 10 nitrogen and oxygen atoms in total. The lowest BCUT2D eigenvalue weighted by atomic mass is 9.71. The maximum Gasteiger partial charge on any atom is 0.429 e. The van der Waals surface area contributed by atoms with E-state index in [0.29, 0.717) is 38.2 Å². The van der Waals surface area contributed by atoms with Crippen molar-refractivity contribution in [1.29, 1.82) is 0 Å². The number of benzene rings is 2. The number of rotatable bonds is 7. The number of aromatic nitrogens is 4. The number of aliphatic carboxylic acids is 1. The highest BCUT2D eigenvalue weighted by molar-refractivity contribution is 5.86. The minimum atomic E-state index is -4.73. The molecule has 1 spiro atoms. The van der Waals surface area contributed by atoms with Crippen molar-refractivity contribution in [1.82, 2.24) is 25.1 Å². The van der Waals surface area contributed by atoms with Crippen LogP contribution in [0.25, 0.3) is 22.0 Å². The molecule has 6 rings (SSSR count). The van der Waals surface area contributed by atoms with Gasteiger partial charge < -0.3 is 25.8 Å². The monoisotopic (exact) mass is 623 g/mol. The normalized spacial score (nSPS) is 20.5. The van der Waals surface area contributed by atoms with Crippen LogP contribution >= 0.6 is 0 Å². The lowest BCUT2D eigenvalue weighted by molar-refractivity contribution is -0.198. The number of carboxylic acids is 1. The molecule has 2 fully saturated rings. The number of piperidine rings is 1. The Hall–Kier alpha value is -4.39. The predicted molar refractivity (Wildman–Crippen MR) is 164 cm³/mol. The summed E-state index contributed by atoms with van der Waals surface area (Å²) in [4.78, 5) is 21.8. The van der Waals surface area contributed by atoms with E-state index in [4.69, 9.17) is 10.5 Å². The molecule has 0 amide bonds. The van der Waals surface area contributed by atoms with Gasteiger partial charge in [0, 0.05) is 48.9 Å². The highest BCUT2D eigenvalue weighted by atomic mass is 19.4. The second-order valence-corrected chi connectivity index (χ2v) is 12.1. The van der Waals surface area contributed by atoms with E-state index in [2.05, 4.69) is 20.4 Å². The molecule has 13 heteroatoms. The summed E-state index contributed by atoms with van der Waals surface area (Å²) in [5.41, 5.74) is 9.13. The van der Waals surface area contributed by atoms with Gasteiger partial charge in [0.2, 0.25) is 17.9 Å². The van der Waals surface area contributed by atoms with E-state index in [9.17, 15) is 23.1 Å². The maximum atomic E-state index is 14.3. The van der Waals surface area contributed by atoms with Crippen LogP contribution in [0.1, 0.15) is 50.0 Å². The Balaban J connectivity index is 1.20. The molecule has 0 aliphatic carbocycles. The van der Waals surface area contributed by atoms with Gasteiger partial charge in [-0.05, 0) is 55.2 Å². The molecule has 2 unspecified atom stereocenters. The number of alkyl halides is 3. The zero-order valence-corrected chi connectivity index (χ0v) is 25.3. The first-order valence-corrected chi connectivity index (χ1v) is 15.0. The molecule has 2 aromatic carbocycles. The molecule has 238 valence electrons. The number of aryl methyl sites for hydroxylation is 2. The van der Waals surface area contributed by atoms with E-state index in [0.717, 1.165) is 34.1 Å². The van der Waals surface area contributed by atoms with Gasteiger partial charge in [-0.1, -0.05) is 43.3 Å². The number of carboxylic acid groups (broad SMARTS) is 1. The average Bonchev–Trinajstić information content (AvgIpc) is 3.51. The minimum absolute atomic E-state index is 0.0769. The molecule has 45 heavy (non-hydrogen) atoms. The van der Waals surface area contributed by atoms with Crippen molar-refractivity contribution in [2.75, 3.05) is 23.7 Å². The zero-order chi connectivity index (χ0) is 32.1. The fraction of sp³-hybridized carbons (Fsp3) is 0.438. The van der Waals surface area contributed by atoms with Gasteiger partial charge in [-0.3, -0.25) is 9.48 Å². The predicted octanol–water partition coefficient (Wildman–Crippen LogP) is 5.42. The molecule has 4 heterocycles. The number of anilines is 2. The van der Waals surface area contributed by atoms with Crippen molar-refractivity contribution in [2.24, 2.45) is 12.5 Å². The molecule has 4 aromatic rings. The summed E-state index contributed by atoms with van der Waals surface area (Å²) in [6.07, 6.45) is -4.23. The highest BCUT2D eigenvalue weighted by Crippen LogP contribution is 2.46. The van der Waals surface area contributed by atoms with Crippen molar-refractivity contribution >= 4 is 28.6 Å². The summed E-state index contributed by atoms with van der Waals surface area (Å²) in [6, 6.07) is 12.8. The number of ether oxygens (including phenoxy) is 1. The molecule has 0 radical (unpaired) electrons. The topological polar surface area (TPSA) is 131 Å². The maximum absolute atomic E-state index is 14.3. The Kier molecular flexibility index (Phi) is 7.84. The zero-order valence-electron chi connectivity index (χ0n) is 25.3. The van der Waals surface area contributed by atoms with Crippen molar-refractivity contribution in [2.45, 2.75) is 63.9 Å².